The first kappa shape index (κ1) is 12.4. The molecule has 0 aliphatic carbocycles. The number of hydrogen-bond donors (Lipinski definition) is 1. The van der Waals surface area contributed by atoms with Crippen molar-refractivity contribution < 1.29 is 4.74 Å². The van der Waals surface area contributed by atoms with Crippen LogP contribution in [0.2, 0.25) is 0 Å². The Kier molecular flexibility index (Phi) is 3.82. The van der Waals surface area contributed by atoms with Crippen molar-refractivity contribution >= 4 is 5.69 Å². The highest BCUT2D eigenvalue weighted by molar-refractivity contribution is 5.42. The zero-order valence-electron chi connectivity index (χ0n) is 10.8. The lowest BCUT2D eigenvalue weighted by atomic mass is 9.99. The minimum absolute atomic E-state index is 0.577. The minimum Gasteiger partial charge on any atom is -0.456 e. The van der Waals surface area contributed by atoms with Crippen LogP contribution in [0.1, 0.15) is 31.7 Å². The van der Waals surface area contributed by atoms with Crippen molar-refractivity contribution in [3.63, 3.8) is 0 Å². The van der Waals surface area contributed by atoms with Gasteiger partial charge in [-0.3, -0.25) is 4.98 Å². The molecule has 2 rings (SSSR count). The molecule has 0 bridgehead atoms. The molecule has 3 heteroatoms. The number of nitrogens with two attached hydrogens (primary N) is 1. The molecule has 0 aliphatic heterocycles. The average molecular weight is 242 g/mol. The van der Waals surface area contributed by atoms with Crippen molar-refractivity contribution in [3.05, 3.63) is 48.3 Å². The summed E-state index contributed by atoms with van der Waals surface area (Å²) in [6, 6.07) is 9.91. The lowest BCUT2D eigenvalue weighted by Crippen LogP contribution is -1.92. The molecule has 0 amide bonds. The third-order valence-electron chi connectivity index (χ3n) is 3.03. The van der Waals surface area contributed by atoms with Crippen LogP contribution in [0, 0.1) is 0 Å². The minimum atomic E-state index is 0.577. The van der Waals surface area contributed by atoms with Crippen LogP contribution in [0.15, 0.2) is 42.7 Å². The highest BCUT2D eigenvalue weighted by Gasteiger charge is 2.03. The van der Waals surface area contributed by atoms with Crippen LogP contribution in [0.5, 0.6) is 11.5 Å². The molecular formula is C15H18N2O. The Morgan fingerprint density at radius 1 is 1.17 bits per heavy atom. The molecule has 0 radical (unpaired) electrons. The van der Waals surface area contributed by atoms with Crippen molar-refractivity contribution in [3.8, 4) is 11.5 Å². The lowest BCUT2D eigenvalue weighted by Gasteiger charge is -2.10. The maximum Gasteiger partial charge on any atom is 0.147 e. The number of aromatic nitrogens is 1. The first-order valence-corrected chi connectivity index (χ1v) is 6.17. The SMILES string of the molecule is CCC(C)c1ccc(Oc2cncc(N)c2)cc1. The van der Waals surface area contributed by atoms with Gasteiger partial charge in [-0.15, -0.1) is 0 Å². The summed E-state index contributed by atoms with van der Waals surface area (Å²) in [4.78, 5) is 3.99. The molecule has 0 fully saturated rings. The van der Waals surface area contributed by atoms with Crippen molar-refractivity contribution in [2.75, 3.05) is 5.73 Å². The molecule has 18 heavy (non-hydrogen) atoms. The normalized spacial score (nSPS) is 12.1. The molecule has 0 saturated heterocycles. The predicted molar refractivity (Wildman–Crippen MR) is 73.9 cm³/mol. The number of nitrogen functional groups attached to an aromatic ring is 1. The second kappa shape index (κ2) is 5.54. The van der Waals surface area contributed by atoms with Gasteiger partial charge in [0.25, 0.3) is 0 Å². The Morgan fingerprint density at radius 3 is 2.50 bits per heavy atom. The Morgan fingerprint density at radius 2 is 1.89 bits per heavy atom. The average Bonchev–Trinajstić information content (AvgIpc) is 2.39. The van der Waals surface area contributed by atoms with E-state index < -0.39 is 0 Å². The molecule has 1 aromatic carbocycles. The molecule has 1 heterocycles. The molecule has 1 aromatic heterocycles. The fourth-order valence-electron chi connectivity index (χ4n) is 1.73. The maximum absolute atomic E-state index is 5.69. The number of ether oxygens (including phenoxy) is 1. The Hall–Kier alpha value is -2.03. The fourth-order valence-corrected chi connectivity index (χ4v) is 1.73. The zero-order chi connectivity index (χ0) is 13.0. The number of nitrogens with zero attached hydrogens (tertiary/aromatic N) is 1. The summed E-state index contributed by atoms with van der Waals surface area (Å²) < 4.78 is 5.69. The molecule has 2 aromatic rings. The first-order chi connectivity index (χ1) is 8.69. The van der Waals surface area contributed by atoms with E-state index in [2.05, 4.69) is 31.0 Å². The predicted octanol–water partition coefficient (Wildman–Crippen LogP) is 3.97. The standard InChI is InChI=1S/C15H18N2O/c1-3-11(2)12-4-6-14(7-5-12)18-15-8-13(16)9-17-10-15/h4-11H,3,16H2,1-2H3. The van der Waals surface area contributed by atoms with Crippen molar-refractivity contribution in [1.82, 2.24) is 4.98 Å². The Bertz CT molecular complexity index is 508. The largest absolute Gasteiger partial charge is 0.456 e. The lowest BCUT2D eigenvalue weighted by molar-refractivity contribution is 0.480. The summed E-state index contributed by atoms with van der Waals surface area (Å²) in [7, 11) is 0. The quantitative estimate of drug-likeness (QED) is 0.882. The van der Waals surface area contributed by atoms with Gasteiger partial charge in [0, 0.05) is 6.07 Å². The number of rotatable bonds is 4. The van der Waals surface area contributed by atoms with Crippen molar-refractivity contribution in [2.24, 2.45) is 0 Å². The van der Waals surface area contributed by atoms with Gasteiger partial charge in [-0.2, -0.15) is 0 Å². The van der Waals surface area contributed by atoms with Crippen LogP contribution in [0.25, 0.3) is 0 Å². The van der Waals surface area contributed by atoms with Crippen LogP contribution in [0.3, 0.4) is 0 Å². The van der Waals surface area contributed by atoms with Gasteiger partial charge in [0.05, 0.1) is 18.1 Å². The van der Waals surface area contributed by atoms with E-state index in [0.29, 0.717) is 17.4 Å². The van der Waals surface area contributed by atoms with Gasteiger partial charge in [-0.1, -0.05) is 26.0 Å². The number of pyridine rings is 1. The summed E-state index contributed by atoms with van der Waals surface area (Å²) in [5.41, 5.74) is 7.58. The van der Waals surface area contributed by atoms with Gasteiger partial charge in [0.2, 0.25) is 0 Å². The van der Waals surface area contributed by atoms with Crippen LogP contribution in [-0.2, 0) is 0 Å². The summed E-state index contributed by atoms with van der Waals surface area (Å²) in [5, 5.41) is 0. The second-order valence-electron chi connectivity index (χ2n) is 4.43. The zero-order valence-corrected chi connectivity index (χ0v) is 10.8. The molecular weight excluding hydrogens is 224 g/mol. The van der Waals surface area contributed by atoms with E-state index in [1.807, 2.05) is 12.1 Å². The fraction of sp³-hybridized carbons (Fsp3) is 0.267. The summed E-state index contributed by atoms with van der Waals surface area (Å²) in [6.07, 6.45) is 4.39. The Labute approximate surface area is 108 Å². The third kappa shape index (κ3) is 3.00. The smallest absolute Gasteiger partial charge is 0.147 e. The third-order valence-corrected chi connectivity index (χ3v) is 3.03. The molecule has 94 valence electrons. The maximum atomic E-state index is 5.69. The molecule has 0 aliphatic rings. The van der Waals surface area contributed by atoms with E-state index in [1.165, 1.54) is 5.56 Å². The van der Waals surface area contributed by atoms with Crippen molar-refractivity contribution in [1.29, 1.82) is 0 Å². The molecule has 2 N–H and O–H groups in total. The molecule has 0 spiro atoms. The van der Waals surface area contributed by atoms with Crippen molar-refractivity contribution in [2.45, 2.75) is 26.2 Å². The van der Waals surface area contributed by atoms with Crippen LogP contribution in [-0.4, -0.2) is 4.98 Å². The highest BCUT2D eigenvalue weighted by atomic mass is 16.5. The van der Waals surface area contributed by atoms with E-state index in [4.69, 9.17) is 10.5 Å². The summed E-state index contributed by atoms with van der Waals surface area (Å²) in [5.74, 6) is 2.04. The number of benzene rings is 1. The molecule has 1 unspecified atom stereocenters. The monoisotopic (exact) mass is 242 g/mol. The van der Waals surface area contributed by atoms with E-state index >= 15 is 0 Å². The first-order valence-electron chi connectivity index (χ1n) is 6.17. The number of hydrogen-bond acceptors (Lipinski definition) is 3. The molecule has 1 atom stereocenters. The van der Waals surface area contributed by atoms with Crippen LogP contribution < -0.4 is 10.5 Å². The van der Waals surface area contributed by atoms with Gasteiger partial charge in [-0.25, -0.2) is 0 Å². The van der Waals surface area contributed by atoms with Crippen LogP contribution >= 0.6 is 0 Å². The van der Waals surface area contributed by atoms with E-state index in [-0.39, 0.29) is 0 Å². The van der Waals surface area contributed by atoms with E-state index in [0.717, 1.165) is 12.2 Å². The van der Waals surface area contributed by atoms with Gasteiger partial charge in [0.1, 0.15) is 11.5 Å². The summed E-state index contributed by atoms with van der Waals surface area (Å²) in [6.45, 7) is 4.41. The van der Waals surface area contributed by atoms with Crippen LogP contribution in [0.4, 0.5) is 5.69 Å². The highest BCUT2D eigenvalue weighted by Crippen LogP contribution is 2.25. The summed E-state index contributed by atoms with van der Waals surface area (Å²) >= 11 is 0. The second-order valence-corrected chi connectivity index (χ2v) is 4.43. The molecule has 0 saturated carbocycles. The van der Waals surface area contributed by atoms with Gasteiger partial charge >= 0.3 is 0 Å². The Balaban J connectivity index is 2.11. The van der Waals surface area contributed by atoms with E-state index in [9.17, 15) is 0 Å². The number of anilines is 1. The van der Waals surface area contributed by atoms with Gasteiger partial charge < -0.3 is 10.5 Å². The topological polar surface area (TPSA) is 48.1 Å². The molecule has 3 nitrogen and oxygen atoms in total. The van der Waals surface area contributed by atoms with E-state index in [1.54, 1.807) is 18.5 Å². The van der Waals surface area contributed by atoms with Gasteiger partial charge in [0.15, 0.2) is 0 Å². The van der Waals surface area contributed by atoms with Gasteiger partial charge in [-0.05, 0) is 30.0 Å².